The number of pyridine rings is 1. The predicted molar refractivity (Wildman–Crippen MR) is 58.8 cm³/mol. The van der Waals surface area contributed by atoms with Gasteiger partial charge in [0.2, 0.25) is 5.88 Å². The number of hydrogen-bond donors (Lipinski definition) is 1. The second-order valence-corrected chi connectivity index (χ2v) is 3.39. The summed E-state index contributed by atoms with van der Waals surface area (Å²) in [5.41, 5.74) is 0.968. The second-order valence-electron chi connectivity index (χ2n) is 3.39. The van der Waals surface area contributed by atoms with Gasteiger partial charge in [-0.25, -0.2) is 4.98 Å². The van der Waals surface area contributed by atoms with Crippen LogP contribution >= 0.6 is 0 Å². The Balaban J connectivity index is 2.65. The molecule has 0 spiro atoms. The molecule has 0 aliphatic carbocycles. The van der Waals surface area contributed by atoms with Gasteiger partial charge in [-0.1, -0.05) is 13.3 Å². The van der Waals surface area contributed by atoms with Crippen LogP contribution in [0.1, 0.15) is 26.7 Å². The zero-order chi connectivity index (χ0) is 10.4. The number of nitrogens with zero attached hydrogens (tertiary/aromatic N) is 1. The van der Waals surface area contributed by atoms with Gasteiger partial charge in [0.25, 0.3) is 0 Å². The molecule has 1 N–H and O–H groups in total. The third kappa shape index (κ3) is 2.91. The Kier molecular flexibility index (Phi) is 4.23. The second kappa shape index (κ2) is 5.47. The average molecular weight is 194 g/mol. The van der Waals surface area contributed by atoms with E-state index in [1.807, 2.05) is 12.1 Å². The minimum Gasteiger partial charge on any atom is -0.480 e. The summed E-state index contributed by atoms with van der Waals surface area (Å²) in [6, 6.07) is 4.35. The molecule has 1 aromatic heterocycles. The van der Waals surface area contributed by atoms with Gasteiger partial charge in [-0.3, -0.25) is 0 Å². The predicted octanol–water partition coefficient (Wildman–Crippen LogP) is 2.69. The lowest BCUT2D eigenvalue weighted by Crippen LogP contribution is -2.15. The van der Waals surface area contributed by atoms with E-state index in [0.29, 0.717) is 11.9 Å². The molecule has 78 valence electrons. The van der Waals surface area contributed by atoms with Crippen molar-refractivity contribution in [3.8, 4) is 5.88 Å². The summed E-state index contributed by atoms with van der Waals surface area (Å²) < 4.78 is 5.15. The van der Waals surface area contributed by atoms with Gasteiger partial charge in [0.05, 0.1) is 12.8 Å². The number of methoxy groups -OCH3 is 1. The quantitative estimate of drug-likeness (QED) is 0.782. The van der Waals surface area contributed by atoms with E-state index in [-0.39, 0.29) is 0 Å². The van der Waals surface area contributed by atoms with Crippen LogP contribution in [0.15, 0.2) is 18.3 Å². The lowest BCUT2D eigenvalue weighted by atomic mass is 10.2. The highest BCUT2D eigenvalue weighted by molar-refractivity contribution is 5.52. The highest BCUT2D eigenvalue weighted by Crippen LogP contribution is 2.21. The molecular formula is C11H18N2O. The van der Waals surface area contributed by atoms with Gasteiger partial charge in [0.15, 0.2) is 0 Å². The van der Waals surface area contributed by atoms with Gasteiger partial charge in [-0.15, -0.1) is 0 Å². The van der Waals surface area contributed by atoms with Crippen molar-refractivity contribution in [1.82, 2.24) is 4.98 Å². The number of anilines is 1. The Bertz CT molecular complexity index is 276. The van der Waals surface area contributed by atoms with Gasteiger partial charge in [-0.05, 0) is 25.5 Å². The first-order valence-electron chi connectivity index (χ1n) is 5.03. The van der Waals surface area contributed by atoms with E-state index in [0.717, 1.165) is 12.1 Å². The van der Waals surface area contributed by atoms with Crippen molar-refractivity contribution in [1.29, 1.82) is 0 Å². The highest BCUT2D eigenvalue weighted by atomic mass is 16.5. The first kappa shape index (κ1) is 10.8. The normalized spacial score (nSPS) is 12.2. The molecular weight excluding hydrogens is 176 g/mol. The molecule has 0 saturated heterocycles. The van der Waals surface area contributed by atoms with Crippen LogP contribution in [0.2, 0.25) is 0 Å². The van der Waals surface area contributed by atoms with E-state index < -0.39 is 0 Å². The first-order chi connectivity index (χ1) is 6.77. The van der Waals surface area contributed by atoms with Crippen LogP contribution in [0.5, 0.6) is 5.88 Å². The average Bonchev–Trinajstić information content (AvgIpc) is 2.19. The molecule has 0 amide bonds. The Morgan fingerprint density at radius 3 is 3.00 bits per heavy atom. The van der Waals surface area contributed by atoms with Crippen molar-refractivity contribution < 1.29 is 4.74 Å². The van der Waals surface area contributed by atoms with Crippen LogP contribution in [0.4, 0.5) is 5.69 Å². The van der Waals surface area contributed by atoms with E-state index in [1.165, 1.54) is 6.42 Å². The van der Waals surface area contributed by atoms with Crippen molar-refractivity contribution in [2.24, 2.45) is 0 Å². The van der Waals surface area contributed by atoms with Gasteiger partial charge in [0.1, 0.15) is 0 Å². The van der Waals surface area contributed by atoms with Gasteiger partial charge < -0.3 is 10.1 Å². The molecule has 3 heteroatoms. The monoisotopic (exact) mass is 194 g/mol. The molecule has 0 aliphatic rings. The molecule has 14 heavy (non-hydrogen) atoms. The fourth-order valence-corrected chi connectivity index (χ4v) is 1.43. The largest absolute Gasteiger partial charge is 0.480 e. The van der Waals surface area contributed by atoms with Crippen LogP contribution in [-0.2, 0) is 0 Å². The Morgan fingerprint density at radius 2 is 2.36 bits per heavy atom. The molecule has 1 aromatic rings. The summed E-state index contributed by atoms with van der Waals surface area (Å²) in [7, 11) is 1.64. The molecule has 1 unspecified atom stereocenters. The van der Waals surface area contributed by atoms with Crippen molar-refractivity contribution in [3.63, 3.8) is 0 Å². The van der Waals surface area contributed by atoms with Crippen LogP contribution in [0, 0.1) is 0 Å². The standard InChI is InChI=1S/C11H18N2O/c1-4-6-9(2)13-10-7-5-8-12-11(10)14-3/h5,7-9,13H,4,6H2,1-3H3. The van der Waals surface area contributed by atoms with E-state index in [2.05, 4.69) is 24.1 Å². The smallest absolute Gasteiger partial charge is 0.237 e. The zero-order valence-electron chi connectivity index (χ0n) is 9.08. The van der Waals surface area contributed by atoms with Crippen molar-refractivity contribution in [3.05, 3.63) is 18.3 Å². The Morgan fingerprint density at radius 1 is 1.57 bits per heavy atom. The molecule has 1 rings (SSSR count). The van der Waals surface area contributed by atoms with Crippen LogP contribution < -0.4 is 10.1 Å². The lowest BCUT2D eigenvalue weighted by Gasteiger charge is -2.15. The highest BCUT2D eigenvalue weighted by Gasteiger charge is 2.05. The molecule has 0 saturated carbocycles. The number of hydrogen-bond acceptors (Lipinski definition) is 3. The summed E-state index contributed by atoms with van der Waals surface area (Å²) in [6.07, 6.45) is 4.06. The van der Waals surface area contributed by atoms with E-state index in [1.54, 1.807) is 13.3 Å². The maximum Gasteiger partial charge on any atom is 0.237 e. The van der Waals surface area contributed by atoms with Crippen molar-refractivity contribution >= 4 is 5.69 Å². The minimum atomic E-state index is 0.457. The number of nitrogens with one attached hydrogen (secondary N) is 1. The Labute approximate surface area is 85.5 Å². The summed E-state index contributed by atoms with van der Waals surface area (Å²) in [5, 5.41) is 3.37. The van der Waals surface area contributed by atoms with E-state index >= 15 is 0 Å². The number of ether oxygens (including phenoxy) is 1. The van der Waals surface area contributed by atoms with Crippen LogP contribution in [0.25, 0.3) is 0 Å². The van der Waals surface area contributed by atoms with E-state index in [4.69, 9.17) is 4.74 Å². The molecule has 0 radical (unpaired) electrons. The van der Waals surface area contributed by atoms with Gasteiger partial charge in [-0.2, -0.15) is 0 Å². The first-order valence-corrected chi connectivity index (χ1v) is 5.03. The molecule has 1 atom stereocenters. The molecule has 0 fully saturated rings. The van der Waals surface area contributed by atoms with Gasteiger partial charge in [0, 0.05) is 12.2 Å². The molecule has 0 aliphatic heterocycles. The summed E-state index contributed by atoms with van der Waals surface area (Å²) in [5.74, 6) is 0.662. The summed E-state index contributed by atoms with van der Waals surface area (Å²) in [4.78, 5) is 4.13. The molecule has 0 bridgehead atoms. The lowest BCUT2D eigenvalue weighted by molar-refractivity contribution is 0.399. The third-order valence-electron chi connectivity index (χ3n) is 2.09. The molecule has 1 heterocycles. The van der Waals surface area contributed by atoms with E-state index in [9.17, 15) is 0 Å². The van der Waals surface area contributed by atoms with Crippen molar-refractivity contribution in [2.75, 3.05) is 12.4 Å². The fourth-order valence-electron chi connectivity index (χ4n) is 1.43. The molecule has 0 aromatic carbocycles. The van der Waals surface area contributed by atoms with Gasteiger partial charge >= 0.3 is 0 Å². The van der Waals surface area contributed by atoms with Crippen LogP contribution in [-0.4, -0.2) is 18.1 Å². The third-order valence-corrected chi connectivity index (χ3v) is 2.09. The SMILES string of the molecule is CCCC(C)Nc1cccnc1OC. The number of aromatic nitrogens is 1. The Hall–Kier alpha value is -1.25. The summed E-state index contributed by atoms with van der Waals surface area (Å²) in [6.45, 7) is 4.34. The zero-order valence-corrected chi connectivity index (χ0v) is 9.08. The van der Waals surface area contributed by atoms with Crippen LogP contribution in [0.3, 0.4) is 0 Å². The topological polar surface area (TPSA) is 34.2 Å². The fraction of sp³-hybridized carbons (Fsp3) is 0.545. The number of rotatable bonds is 5. The maximum absolute atomic E-state index is 5.15. The minimum absolute atomic E-state index is 0.457. The maximum atomic E-state index is 5.15. The molecule has 3 nitrogen and oxygen atoms in total. The van der Waals surface area contributed by atoms with Crippen molar-refractivity contribution in [2.45, 2.75) is 32.7 Å². The summed E-state index contributed by atoms with van der Waals surface area (Å²) >= 11 is 0.